The molecule has 4 nitrogen and oxygen atoms in total. The maximum absolute atomic E-state index is 11.6. The standard InChI is InChI=1S/C14H29N3O/c1-4-9-16-14(3,13(15)18)8-11-17(10-5-2)12-6-7-12/h12,16H,4-11H2,1-3H3,(H2,15,18). The molecule has 1 aliphatic carbocycles. The molecule has 0 heterocycles. The minimum atomic E-state index is -0.559. The highest BCUT2D eigenvalue weighted by atomic mass is 16.1. The Morgan fingerprint density at radius 1 is 1.33 bits per heavy atom. The van der Waals surface area contributed by atoms with Gasteiger partial charge in [0, 0.05) is 12.6 Å². The SMILES string of the molecule is CCCNC(C)(CCN(CCC)C1CC1)C(N)=O. The topological polar surface area (TPSA) is 58.4 Å². The van der Waals surface area contributed by atoms with E-state index >= 15 is 0 Å². The van der Waals surface area contributed by atoms with Crippen molar-refractivity contribution in [3.63, 3.8) is 0 Å². The van der Waals surface area contributed by atoms with E-state index < -0.39 is 5.54 Å². The Bertz CT molecular complexity index is 266. The van der Waals surface area contributed by atoms with Gasteiger partial charge in [0.05, 0.1) is 5.54 Å². The third-order valence-corrected chi connectivity index (χ3v) is 3.78. The second kappa shape index (κ2) is 7.10. The van der Waals surface area contributed by atoms with E-state index in [1.165, 1.54) is 19.3 Å². The van der Waals surface area contributed by atoms with Crippen molar-refractivity contribution in [2.24, 2.45) is 5.73 Å². The fourth-order valence-corrected chi connectivity index (χ4v) is 2.27. The van der Waals surface area contributed by atoms with Gasteiger partial charge in [-0.05, 0) is 52.1 Å². The van der Waals surface area contributed by atoms with Crippen LogP contribution in [0.3, 0.4) is 0 Å². The molecule has 3 N–H and O–H groups in total. The van der Waals surface area contributed by atoms with Crippen LogP contribution in [-0.4, -0.2) is 42.0 Å². The van der Waals surface area contributed by atoms with Gasteiger partial charge in [-0.25, -0.2) is 0 Å². The minimum absolute atomic E-state index is 0.233. The molecule has 1 atom stereocenters. The van der Waals surface area contributed by atoms with E-state index in [1.807, 2.05) is 6.92 Å². The van der Waals surface area contributed by atoms with Crippen LogP contribution in [0.15, 0.2) is 0 Å². The average Bonchev–Trinajstić information content (AvgIpc) is 3.15. The first kappa shape index (κ1) is 15.4. The molecule has 0 aromatic carbocycles. The summed E-state index contributed by atoms with van der Waals surface area (Å²) in [6.45, 7) is 9.18. The van der Waals surface area contributed by atoms with Crippen molar-refractivity contribution >= 4 is 5.91 Å². The van der Waals surface area contributed by atoms with Gasteiger partial charge in [0.2, 0.25) is 5.91 Å². The number of hydrogen-bond acceptors (Lipinski definition) is 3. The van der Waals surface area contributed by atoms with Crippen molar-refractivity contribution in [2.75, 3.05) is 19.6 Å². The third-order valence-electron chi connectivity index (χ3n) is 3.78. The van der Waals surface area contributed by atoms with Gasteiger partial charge in [-0.3, -0.25) is 4.79 Å². The van der Waals surface area contributed by atoms with E-state index in [4.69, 9.17) is 5.73 Å². The predicted molar refractivity (Wildman–Crippen MR) is 75.4 cm³/mol. The van der Waals surface area contributed by atoms with Gasteiger partial charge < -0.3 is 16.0 Å². The van der Waals surface area contributed by atoms with Gasteiger partial charge in [0.1, 0.15) is 0 Å². The fourth-order valence-electron chi connectivity index (χ4n) is 2.27. The van der Waals surface area contributed by atoms with Gasteiger partial charge in [-0.1, -0.05) is 13.8 Å². The predicted octanol–water partition coefficient (Wildman–Crippen LogP) is 1.49. The quantitative estimate of drug-likeness (QED) is 0.622. The van der Waals surface area contributed by atoms with E-state index in [1.54, 1.807) is 0 Å². The van der Waals surface area contributed by atoms with E-state index in [2.05, 4.69) is 24.1 Å². The van der Waals surface area contributed by atoms with Crippen LogP contribution in [0.1, 0.15) is 52.9 Å². The first-order chi connectivity index (χ1) is 8.53. The molecular weight excluding hydrogens is 226 g/mol. The summed E-state index contributed by atoms with van der Waals surface area (Å²) < 4.78 is 0. The lowest BCUT2D eigenvalue weighted by molar-refractivity contribution is -0.124. The second-order valence-electron chi connectivity index (χ2n) is 5.64. The van der Waals surface area contributed by atoms with E-state index in [0.717, 1.165) is 38.5 Å². The number of nitrogens with zero attached hydrogens (tertiary/aromatic N) is 1. The number of rotatable bonds is 10. The van der Waals surface area contributed by atoms with Crippen LogP contribution in [0.25, 0.3) is 0 Å². The van der Waals surface area contributed by atoms with E-state index in [9.17, 15) is 4.79 Å². The largest absolute Gasteiger partial charge is 0.368 e. The van der Waals surface area contributed by atoms with E-state index in [-0.39, 0.29) is 5.91 Å². The van der Waals surface area contributed by atoms with Gasteiger partial charge >= 0.3 is 0 Å². The molecule has 0 bridgehead atoms. The lowest BCUT2D eigenvalue weighted by atomic mass is 9.96. The maximum Gasteiger partial charge on any atom is 0.237 e. The number of nitrogens with two attached hydrogens (primary N) is 1. The molecule has 0 radical (unpaired) electrons. The number of primary amides is 1. The summed E-state index contributed by atoms with van der Waals surface area (Å²) in [5, 5.41) is 3.30. The first-order valence-corrected chi connectivity index (χ1v) is 7.32. The molecular formula is C14H29N3O. The Labute approximate surface area is 111 Å². The molecule has 18 heavy (non-hydrogen) atoms. The highest BCUT2D eigenvalue weighted by molar-refractivity contribution is 5.84. The van der Waals surface area contributed by atoms with Crippen LogP contribution in [0.2, 0.25) is 0 Å². The van der Waals surface area contributed by atoms with Crippen LogP contribution >= 0.6 is 0 Å². The van der Waals surface area contributed by atoms with Crippen LogP contribution in [0.5, 0.6) is 0 Å². The molecule has 4 heteroatoms. The maximum atomic E-state index is 11.6. The molecule has 0 spiro atoms. The van der Waals surface area contributed by atoms with Crippen LogP contribution in [-0.2, 0) is 4.79 Å². The zero-order valence-corrected chi connectivity index (χ0v) is 12.2. The lowest BCUT2D eigenvalue weighted by Crippen LogP contribution is -2.55. The highest BCUT2D eigenvalue weighted by Crippen LogP contribution is 2.27. The summed E-state index contributed by atoms with van der Waals surface area (Å²) in [5.41, 5.74) is 4.99. The van der Waals surface area contributed by atoms with Gasteiger partial charge in [-0.15, -0.1) is 0 Å². The van der Waals surface area contributed by atoms with Crippen molar-refractivity contribution in [1.29, 1.82) is 0 Å². The first-order valence-electron chi connectivity index (χ1n) is 7.32. The fraction of sp³-hybridized carbons (Fsp3) is 0.929. The summed E-state index contributed by atoms with van der Waals surface area (Å²) in [5.74, 6) is -0.233. The lowest BCUT2D eigenvalue weighted by Gasteiger charge is -2.31. The zero-order valence-electron chi connectivity index (χ0n) is 12.2. The Hall–Kier alpha value is -0.610. The van der Waals surface area contributed by atoms with Crippen LogP contribution < -0.4 is 11.1 Å². The van der Waals surface area contributed by atoms with Gasteiger partial charge in [0.15, 0.2) is 0 Å². The smallest absolute Gasteiger partial charge is 0.237 e. The van der Waals surface area contributed by atoms with Crippen molar-refractivity contribution in [3.05, 3.63) is 0 Å². The Balaban J connectivity index is 2.46. The third kappa shape index (κ3) is 4.58. The molecule has 1 unspecified atom stereocenters. The molecule has 0 aliphatic heterocycles. The van der Waals surface area contributed by atoms with Crippen molar-refractivity contribution in [3.8, 4) is 0 Å². The molecule has 1 saturated carbocycles. The van der Waals surface area contributed by atoms with Crippen LogP contribution in [0.4, 0.5) is 0 Å². The van der Waals surface area contributed by atoms with Crippen molar-refractivity contribution in [1.82, 2.24) is 10.2 Å². The number of hydrogen-bond donors (Lipinski definition) is 2. The normalized spacial score (nSPS) is 18.9. The summed E-state index contributed by atoms with van der Waals surface area (Å²) in [7, 11) is 0. The minimum Gasteiger partial charge on any atom is -0.368 e. The number of carbonyl (C=O) groups excluding carboxylic acids is 1. The summed E-state index contributed by atoms with van der Waals surface area (Å²) >= 11 is 0. The molecule has 1 amide bonds. The van der Waals surface area contributed by atoms with E-state index in [0.29, 0.717) is 0 Å². The Kier molecular flexibility index (Phi) is 6.09. The second-order valence-corrected chi connectivity index (χ2v) is 5.64. The molecule has 0 saturated heterocycles. The Morgan fingerprint density at radius 3 is 2.44 bits per heavy atom. The molecule has 0 aromatic rings. The molecule has 1 aliphatic rings. The summed E-state index contributed by atoms with van der Waals surface area (Å²) in [4.78, 5) is 14.1. The number of carbonyl (C=O) groups is 1. The van der Waals surface area contributed by atoms with Gasteiger partial charge in [0.25, 0.3) is 0 Å². The van der Waals surface area contributed by atoms with Crippen LogP contribution in [0, 0.1) is 0 Å². The molecule has 1 fully saturated rings. The van der Waals surface area contributed by atoms with Gasteiger partial charge in [-0.2, -0.15) is 0 Å². The highest BCUT2D eigenvalue weighted by Gasteiger charge is 2.33. The monoisotopic (exact) mass is 255 g/mol. The summed E-state index contributed by atoms with van der Waals surface area (Å²) in [6, 6.07) is 0.758. The van der Waals surface area contributed by atoms with Crippen molar-refractivity contribution in [2.45, 2.75) is 64.5 Å². The zero-order chi connectivity index (χ0) is 13.6. The Morgan fingerprint density at radius 2 is 2.00 bits per heavy atom. The molecule has 106 valence electrons. The average molecular weight is 255 g/mol. The number of nitrogens with one attached hydrogen (secondary N) is 1. The van der Waals surface area contributed by atoms with Crippen molar-refractivity contribution < 1.29 is 4.79 Å². The summed E-state index contributed by atoms with van der Waals surface area (Å²) in [6.07, 6.45) is 5.63. The molecule has 0 aromatic heterocycles. The molecule has 1 rings (SSSR count). The number of amides is 1.